The number of hydrogen-bond acceptors (Lipinski definition) is 19. The third-order valence-electron chi connectivity index (χ3n) is 26.1. The fourth-order valence-electron chi connectivity index (χ4n) is 19.9. The van der Waals surface area contributed by atoms with Gasteiger partial charge in [-0.2, -0.15) is 0 Å². The number of carbonyl (C=O) groups is 3. The molecule has 6 saturated heterocycles. The molecule has 644 valence electrons. The van der Waals surface area contributed by atoms with E-state index in [9.17, 15) is 14.4 Å². The van der Waals surface area contributed by atoms with Gasteiger partial charge in [0.05, 0.1) is 40.9 Å². The number of carbonyl (C=O) groups excluding carboxylic acids is 3. The molecule has 21 nitrogen and oxygen atoms in total. The quantitative estimate of drug-likeness (QED) is 0.0731. The number of aryl methyl sites for hydroxylation is 4. The molecule has 6 aromatic rings. The summed E-state index contributed by atoms with van der Waals surface area (Å²) < 4.78 is 11.1. The van der Waals surface area contributed by atoms with Crippen LogP contribution in [0, 0.1) is 23.7 Å². The lowest BCUT2D eigenvalue weighted by Crippen LogP contribution is -2.46. The third kappa shape index (κ3) is 26.5. The number of aldehydes is 1. The van der Waals surface area contributed by atoms with Crippen molar-refractivity contribution in [2.24, 2.45) is 23.7 Å². The van der Waals surface area contributed by atoms with Crippen LogP contribution >= 0.6 is 0 Å². The zero-order chi connectivity index (χ0) is 83.0. The van der Waals surface area contributed by atoms with Crippen molar-refractivity contribution < 1.29 is 23.9 Å². The largest absolute Gasteiger partial charge is 0.444 e. The number of piperidine rings is 4. The molecule has 9 unspecified atom stereocenters. The molecule has 0 saturated carbocycles. The standard InChI is InChI=1S/C28H41N5.C21H33N3O2.C20H31N3O2.C16H25N3.C12H16N2O/c1-31-15-17-33(18-16-31)26-10-4-3-7-24(26)19-22-12-14-29-25(20-22)21-32(2)27-11-5-8-23-9-6-13-30-28(23)27;1-21(2,3)26-20(25)24-13-7-8-16(15-24)14-23(4)18-11-5-9-17-10-6-12-22-19(17)18;1-20(2,3)25-19(24)23-12-6-7-15(14-23)13-22-17-10-4-8-16-9-5-11-21-18(16)17;1-19(12-13-5-3-9-17-11-13)15-8-2-6-14-7-4-10-18-16(14)15;1-13-6-8-14(9-7-13)12-5-3-2-4-11(12)10-15/h3-4,6-7,9-10,13,22,25,27,29H,5,8,11-12,14-21H2,1-2H3;6,10,12,16,18H,5,7-9,11,13-15H2,1-4H3;5,9,11,15,17,22H,4,6-8,10,12-14H2,1-3H3;4,7,10,13,15,17H,2-3,5-6,8-9,11-12H2,1H3;2-5,10H,6-9H2,1H3. The fourth-order valence-corrected chi connectivity index (χ4v) is 19.9. The molecule has 21 heteroatoms. The Morgan fingerprint density at radius 1 is 0.475 bits per heavy atom. The smallest absolute Gasteiger partial charge is 0.410 e. The molecular weight excluding hydrogens is 1470 g/mol. The highest BCUT2D eigenvalue weighted by atomic mass is 16.6. The van der Waals surface area contributed by atoms with Gasteiger partial charge in [-0.3, -0.25) is 39.4 Å². The van der Waals surface area contributed by atoms with Crippen LogP contribution in [0.15, 0.2) is 122 Å². The van der Waals surface area contributed by atoms with Gasteiger partial charge in [-0.05, 0) is 325 Å². The minimum atomic E-state index is -0.432. The maximum Gasteiger partial charge on any atom is 0.410 e. The van der Waals surface area contributed by atoms with Crippen molar-refractivity contribution in [3.05, 3.63) is 178 Å². The van der Waals surface area contributed by atoms with Crippen LogP contribution in [0.1, 0.15) is 229 Å². The molecule has 16 rings (SSSR count). The van der Waals surface area contributed by atoms with Gasteiger partial charge in [0.25, 0.3) is 0 Å². The normalized spacial score (nSPS) is 24.3. The molecule has 10 aliphatic rings. The van der Waals surface area contributed by atoms with Gasteiger partial charge in [0, 0.05) is 159 Å². The monoisotopic (exact) mass is 1620 g/mol. The van der Waals surface area contributed by atoms with Gasteiger partial charge in [-0.1, -0.05) is 54.6 Å². The number of aromatic nitrogens is 4. The van der Waals surface area contributed by atoms with Crippen molar-refractivity contribution in [1.82, 2.24) is 70.2 Å². The highest BCUT2D eigenvalue weighted by Crippen LogP contribution is 2.38. The molecule has 2 aromatic carbocycles. The number of benzene rings is 2. The molecule has 2 amide bonds. The summed E-state index contributed by atoms with van der Waals surface area (Å²) in [5, 5.41) is 11.1. The maximum atomic E-state index is 12.4. The molecule has 10 heterocycles. The Bertz CT molecular complexity index is 4050. The van der Waals surface area contributed by atoms with Crippen molar-refractivity contribution in [2.75, 3.05) is 169 Å². The topological polar surface area (TPSA) is 186 Å². The molecule has 4 aliphatic carbocycles. The van der Waals surface area contributed by atoms with Gasteiger partial charge < -0.3 is 54.8 Å². The lowest BCUT2D eigenvalue weighted by molar-refractivity contribution is 0.0135. The summed E-state index contributed by atoms with van der Waals surface area (Å²) in [6.07, 6.45) is 33.7. The Balaban J connectivity index is 0.000000139. The van der Waals surface area contributed by atoms with Crippen LogP contribution in [0.5, 0.6) is 0 Å². The lowest BCUT2D eigenvalue weighted by Gasteiger charge is -2.38. The second-order valence-electron chi connectivity index (χ2n) is 37.8. The predicted molar refractivity (Wildman–Crippen MR) is 478 cm³/mol. The molecular formula is C97H146N16O5. The molecule has 6 fully saturated rings. The summed E-state index contributed by atoms with van der Waals surface area (Å²) >= 11 is 0. The summed E-state index contributed by atoms with van der Waals surface area (Å²) in [4.78, 5) is 75.3. The summed E-state index contributed by atoms with van der Waals surface area (Å²) in [5.41, 5.74) is 14.8. The van der Waals surface area contributed by atoms with E-state index in [2.05, 4.69) is 161 Å². The second-order valence-corrected chi connectivity index (χ2v) is 37.8. The average molecular weight is 1620 g/mol. The van der Waals surface area contributed by atoms with E-state index in [1.807, 2.05) is 113 Å². The highest BCUT2D eigenvalue weighted by Gasteiger charge is 2.36. The van der Waals surface area contributed by atoms with Crippen molar-refractivity contribution in [3.63, 3.8) is 0 Å². The molecule has 9 atom stereocenters. The minimum absolute atomic E-state index is 0.172. The Morgan fingerprint density at radius 3 is 1.44 bits per heavy atom. The number of para-hydroxylation sites is 2. The first-order chi connectivity index (χ1) is 57.1. The highest BCUT2D eigenvalue weighted by molar-refractivity contribution is 5.84. The lowest BCUT2D eigenvalue weighted by atomic mass is 9.85. The first kappa shape index (κ1) is 89.8. The van der Waals surface area contributed by atoms with E-state index in [4.69, 9.17) is 14.5 Å². The van der Waals surface area contributed by atoms with Gasteiger partial charge >= 0.3 is 12.2 Å². The molecule has 6 aliphatic heterocycles. The Kier molecular flexibility index (Phi) is 33.8. The van der Waals surface area contributed by atoms with E-state index >= 15 is 0 Å². The number of nitrogens with one attached hydrogen (secondary N) is 3. The van der Waals surface area contributed by atoms with Gasteiger partial charge in [0.1, 0.15) is 11.2 Å². The summed E-state index contributed by atoms with van der Waals surface area (Å²) in [5.74, 6) is 2.55. The molecule has 3 N–H and O–H groups in total. The molecule has 118 heavy (non-hydrogen) atoms. The summed E-state index contributed by atoms with van der Waals surface area (Å²) in [7, 11) is 11.2. The number of ether oxygens (including phenoxy) is 2. The predicted octanol–water partition coefficient (Wildman–Crippen LogP) is 15.1. The zero-order valence-corrected chi connectivity index (χ0v) is 74.0. The van der Waals surface area contributed by atoms with Gasteiger partial charge in [-0.15, -0.1) is 0 Å². The Morgan fingerprint density at radius 2 is 0.924 bits per heavy atom. The number of anilines is 2. The number of hydrogen-bond donors (Lipinski definition) is 3. The Labute approximate surface area is 708 Å². The molecule has 0 spiro atoms. The zero-order valence-electron chi connectivity index (χ0n) is 74.0. The average Bonchev–Trinajstić information content (AvgIpc) is 0.796. The number of amides is 2. The van der Waals surface area contributed by atoms with Crippen LogP contribution in [0.25, 0.3) is 0 Å². The first-order valence-electron chi connectivity index (χ1n) is 45.6. The third-order valence-corrected chi connectivity index (χ3v) is 26.1. The van der Waals surface area contributed by atoms with E-state index in [0.29, 0.717) is 42.0 Å². The first-order valence-corrected chi connectivity index (χ1v) is 45.6. The van der Waals surface area contributed by atoms with Crippen LogP contribution < -0.4 is 25.8 Å². The van der Waals surface area contributed by atoms with Crippen LogP contribution in [0.2, 0.25) is 0 Å². The van der Waals surface area contributed by atoms with E-state index in [0.717, 1.165) is 173 Å². The summed E-state index contributed by atoms with van der Waals surface area (Å²) in [6, 6.07) is 36.5. The van der Waals surface area contributed by atoms with Crippen molar-refractivity contribution in [3.8, 4) is 0 Å². The number of pyridine rings is 4. The van der Waals surface area contributed by atoms with Crippen molar-refractivity contribution in [1.29, 1.82) is 0 Å². The minimum Gasteiger partial charge on any atom is -0.444 e. The fraction of sp³-hybridized carbons (Fsp3) is 0.639. The van der Waals surface area contributed by atoms with Crippen LogP contribution in [0.3, 0.4) is 0 Å². The van der Waals surface area contributed by atoms with Gasteiger partial charge in [0.15, 0.2) is 6.29 Å². The molecule has 0 radical (unpaired) electrons. The molecule has 0 bridgehead atoms. The van der Waals surface area contributed by atoms with Crippen molar-refractivity contribution in [2.45, 2.75) is 218 Å². The second kappa shape index (κ2) is 44.4. The number of likely N-dealkylation sites (N-methyl/N-ethyl adjacent to an activating group) is 3. The van der Waals surface area contributed by atoms with Gasteiger partial charge in [-0.25, -0.2) is 9.59 Å². The van der Waals surface area contributed by atoms with E-state index < -0.39 is 11.2 Å². The van der Waals surface area contributed by atoms with Crippen LogP contribution in [-0.2, 0) is 41.6 Å². The van der Waals surface area contributed by atoms with E-state index in [-0.39, 0.29) is 12.2 Å². The number of fused-ring (bicyclic) bond motifs is 4. The van der Waals surface area contributed by atoms with E-state index in [1.54, 1.807) is 5.56 Å². The Hall–Kier alpha value is -7.47. The van der Waals surface area contributed by atoms with Crippen molar-refractivity contribution >= 4 is 29.8 Å². The number of nitrogens with zero attached hydrogens (tertiary/aromatic N) is 13. The molecule has 4 aromatic heterocycles. The maximum absolute atomic E-state index is 12.4. The van der Waals surface area contributed by atoms with Gasteiger partial charge in [0.2, 0.25) is 0 Å². The van der Waals surface area contributed by atoms with Crippen LogP contribution in [0.4, 0.5) is 21.0 Å². The summed E-state index contributed by atoms with van der Waals surface area (Å²) in [6.45, 7) is 31.2. The number of piperazine rings is 2. The van der Waals surface area contributed by atoms with E-state index in [1.165, 1.54) is 167 Å². The number of likely N-dealkylation sites (tertiary alicyclic amines) is 2. The van der Waals surface area contributed by atoms with Crippen LogP contribution in [-0.4, -0.2) is 250 Å². The number of rotatable bonds is 17. The SMILES string of the molecule is CC(C)(C)OC(=O)N1CCCC(CNC2CCCc3cccnc32)C1.CN(CC1CCCN(C(=O)OC(C)(C)C)C1)C1CCCc2cccnc21.CN(CC1CCCNC1)C1CCCc2cccnc21.CN1CCN(c2ccccc2C=O)CC1.CN1CCN(c2ccccc2CC2CCNC(CN(C)C3CCCc4cccnc43)C2)CC1.